The number of hydrogen-bond donors (Lipinski definition) is 2. The number of anilines is 1. The Bertz CT molecular complexity index is 420. The van der Waals surface area contributed by atoms with Crippen LogP contribution >= 0.6 is 0 Å². The van der Waals surface area contributed by atoms with Crippen LogP contribution in [-0.4, -0.2) is 22.1 Å². The van der Waals surface area contributed by atoms with Crippen LogP contribution in [-0.2, 0) is 4.79 Å². The van der Waals surface area contributed by atoms with Gasteiger partial charge in [0.15, 0.2) is 0 Å². The van der Waals surface area contributed by atoms with E-state index >= 15 is 0 Å². The first-order valence-electron chi connectivity index (χ1n) is 5.38. The van der Waals surface area contributed by atoms with Crippen LogP contribution in [0.4, 0.5) is 5.69 Å². The van der Waals surface area contributed by atoms with Crippen molar-refractivity contribution < 1.29 is 9.90 Å². The number of carboxylic acids is 1. The monoisotopic (exact) mass is 233 g/mol. The predicted molar refractivity (Wildman–Crippen MR) is 63.5 cm³/mol. The summed E-state index contributed by atoms with van der Waals surface area (Å²) in [4.78, 5) is 14.9. The number of nitrogens with zero attached hydrogens (tertiary/aromatic N) is 2. The SMILES string of the molecule is CC(C)C[C@@H](Nc1ccc(C#N)nc1)C(=O)O. The number of carbonyl (C=O) groups is 1. The number of nitriles is 1. The van der Waals surface area contributed by atoms with Crippen molar-refractivity contribution in [2.75, 3.05) is 5.32 Å². The lowest BCUT2D eigenvalue weighted by molar-refractivity contribution is -0.138. The lowest BCUT2D eigenvalue weighted by Crippen LogP contribution is -2.30. The Morgan fingerprint density at radius 2 is 2.29 bits per heavy atom. The molecule has 1 aromatic heterocycles. The van der Waals surface area contributed by atoms with Gasteiger partial charge in [-0.15, -0.1) is 0 Å². The molecule has 1 aromatic rings. The van der Waals surface area contributed by atoms with E-state index < -0.39 is 12.0 Å². The molecule has 17 heavy (non-hydrogen) atoms. The van der Waals surface area contributed by atoms with E-state index in [-0.39, 0.29) is 5.92 Å². The summed E-state index contributed by atoms with van der Waals surface area (Å²) >= 11 is 0. The molecule has 5 heteroatoms. The maximum Gasteiger partial charge on any atom is 0.326 e. The van der Waals surface area contributed by atoms with Crippen molar-refractivity contribution in [1.29, 1.82) is 5.26 Å². The summed E-state index contributed by atoms with van der Waals surface area (Å²) in [5, 5.41) is 20.5. The average molecular weight is 233 g/mol. The van der Waals surface area contributed by atoms with E-state index in [0.717, 1.165) is 0 Å². The largest absolute Gasteiger partial charge is 0.480 e. The Hall–Kier alpha value is -2.09. The minimum atomic E-state index is -0.886. The van der Waals surface area contributed by atoms with Gasteiger partial charge in [-0.05, 0) is 24.5 Å². The van der Waals surface area contributed by atoms with Gasteiger partial charge in [0.05, 0.1) is 11.9 Å². The molecule has 0 saturated carbocycles. The van der Waals surface area contributed by atoms with Gasteiger partial charge in [0.25, 0.3) is 0 Å². The van der Waals surface area contributed by atoms with E-state index in [1.54, 1.807) is 12.1 Å². The van der Waals surface area contributed by atoms with Crippen LogP contribution in [0.25, 0.3) is 0 Å². The van der Waals surface area contributed by atoms with Crippen molar-refractivity contribution in [3.05, 3.63) is 24.0 Å². The van der Waals surface area contributed by atoms with Crippen molar-refractivity contribution >= 4 is 11.7 Å². The minimum absolute atomic E-state index is 0.287. The number of hydrogen-bond acceptors (Lipinski definition) is 4. The zero-order chi connectivity index (χ0) is 12.8. The molecule has 0 spiro atoms. The van der Waals surface area contributed by atoms with Crippen molar-refractivity contribution in [3.8, 4) is 6.07 Å². The summed E-state index contributed by atoms with van der Waals surface area (Å²) in [6.07, 6.45) is 2.00. The summed E-state index contributed by atoms with van der Waals surface area (Å²) in [5.41, 5.74) is 0.920. The van der Waals surface area contributed by atoms with Crippen molar-refractivity contribution in [1.82, 2.24) is 4.98 Å². The summed E-state index contributed by atoms with van der Waals surface area (Å²) < 4.78 is 0. The molecule has 0 amide bonds. The lowest BCUT2D eigenvalue weighted by atomic mass is 10.0. The molecular formula is C12H15N3O2. The number of pyridine rings is 1. The summed E-state index contributed by atoms with van der Waals surface area (Å²) in [6, 6.07) is 4.48. The molecule has 0 aliphatic rings. The van der Waals surface area contributed by atoms with Crippen LogP contribution in [0.3, 0.4) is 0 Å². The Morgan fingerprint density at radius 1 is 1.59 bits per heavy atom. The van der Waals surface area contributed by atoms with Crippen LogP contribution in [0, 0.1) is 17.2 Å². The number of rotatable bonds is 5. The van der Waals surface area contributed by atoms with Gasteiger partial charge >= 0.3 is 5.97 Å². The number of aliphatic carboxylic acids is 1. The molecule has 0 saturated heterocycles. The molecule has 1 rings (SSSR count). The van der Waals surface area contributed by atoms with Gasteiger partial charge in [-0.25, -0.2) is 9.78 Å². The summed E-state index contributed by atoms with van der Waals surface area (Å²) in [7, 11) is 0. The predicted octanol–water partition coefficient (Wildman–Crippen LogP) is 1.86. The Balaban J connectivity index is 2.72. The number of nitrogens with one attached hydrogen (secondary N) is 1. The van der Waals surface area contributed by atoms with Gasteiger partial charge in [0, 0.05) is 0 Å². The lowest BCUT2D eigenvalue weighted by Gasteiger charge is -2.17. The third-order valence-electron chi connectivity index (χ3n) is 2.22. The van der Waals surface area contributed by atoms with E-state index in [1.807, 2.05) is 19.9 Å². The molecule has 1 heterocycles. The molecular weight excluding hydrogens is 218 g/mol. The van der Waals surface area contributed by atoms with Gasteiger partial charge in [-0.3, -0.25) is 0 Å². The van der Waals surface area contributed by atoms with Crippen molar-refractivity contribution in [2.24, 2.45) is 5.92 Å². The second-order valence-corrected chi connectivity index (χ2v) is 4.21. The molecule has 1 atom stereocenters. The van der Waals surface area contributed by atoms with Crippen LogP contribution < -0.4 is 5.32 Å². The molecule has 5 nitrogen and oxygen atoms in total. The third kappa shape index (κ3) is 4.11. The van der Waals surface area contributed by atoms with Crippen LogP contribution in [0.15, 0.2) is 18.3 Å². The van der Waals surface area contributed by atoms with Crippen molar-refractivity contribution in [3.63, 3.8) is 0 Å². The smallest absolute Gasteiger partial charge is 0.326 e. The minimum Gasteiger partial charge on any atom is -0.480 e. The zero-order valence-electron chi connectivity index (χ0n) is 9.84. The molecule has 0 bridgehead atoms. The quantitative estimate of drug-likeness (QED) is 0.810. The Labute approximate surface area is 100 Å². The van der Waals surface area contributed by atoms with Gasteiger partial charge in [0.1, 0.15) is 17.8 Å². The summed E-state index contributed by atoms with van der Waals surface area (Å²) in [6.45, 7) is 3.93. The Morgan fingerprint density at radius 3 is 2.71 bits per heavy atom. The van der Waals surface area contributed by atoms with Crippen LogP contribution in [0.2, 0.25) is 0 Å². The highest BCUT2D eigenvalue weighted by Crippen LogP contribution is 2.12. The molecule has 0 unspecified atom stereocenters. The average Bonchev–Trinajstić information content (AvgIpc) is 2.28. The number of carboxylic acid groups (broad SMARTS) is 1. The van der Waals surface area contributed by atoms with Crippen LogP contribution in [0.1, 0.15) is 26.0 Å². The van der Waals surface area contributed by atoms with Gasteiger partial charge in [0.2, 0.25) is 0 Å². The summed E-state index contributed by atoms with van der Waals surface area (Å²) in [5.74, 6) is -0.599. The highest BCUT2D eigenvalue weighted by atomic mass is 16.4. The third-order valence-corrected chi connectivity index (χ3v) is 2.22. The van der Waals surface area contributed by atoms with E-state index in [1.165, 1.54) is 6.20 Å². The second-order valence-electron chi connectivity index (χ2n) is 4.21. The van der Waals surface area contributed by atoms with E-state index in [9.17, 15) is 4.79 Å². The first kappa shape index (κ1) is 13.0. The normalized spacial score (nSPS) is 11.9. The highest BCUT2D eigenvalue weighted by molar-refractivity contribution is 5.77. The maximum absolute atomic E-state index is 11.0. The van der Waals surface area contributed by atoms with E-state index in [0.29, 0.717) is 17.8 Å². The fourth-order valence-electron chi connectivity index (χ4n) is 1.44. The van der Waals surface area contributed by atoms with Crippen molar-refractivity contribution in [2.45, 2.75) is 26.3 Å². The standard InChI is InChI=1S/C12H15N3O2/c1-8(2)5-11(12(16)17)15-10-4-3-9(6-13)14-7-10/h3-4,7-8,11,15H,5H2,1-2H3,(H,16,17)/t11-/m1/s1. The molecule has 0 aromatic carbocycles. The van der Waals surface area contributed by atoms with Gasteiger partial charge in [-0.1, -0.05) is 13.8 Å². The second kappa shape index (κ2) is 5.85. The topological polar surface area (TPSA) is 86.0 Å². The first-order chi connectivity index (χ1) is 8.02. The molecule has 0 fully saturated rings. The molecule has 0 aliphatic carbocycles. The first-order valence-corrected chi connectivity index (χ1v) is 5.38. The van der Waals surface area contributed by atoms with Gasteiger partial charge in [-0.2, -0.15) is 5.26 Å². The number of aromatic nitrogens is 1. The maximum atomic E-state index is 11.0. The van der Waals surface area contributed by atoms with Crippen LogP contribution in [0.5, 0.6) is 0 Å². The molecule has 0 aliphatic heterocycles. The fourth-order valence-corrected chi connectivity index (χ4v) is 1.44. The van der Waals surface area contributed by atoms with E-state index in [4.69, 9.17) is 10.4 Å². The molecule has 90 valence electrons. The highest BCUT2D eigenvalue weighted by Gasteiger charge is 2.18. The fraction of sp³-hybridized carbons (Fsp3) is 0.417. The Kier molecular flexibility index (Phi) is 4.46. The van der Waals surface area contributed by atoms with E-state index in [2.05, 4.69) is 10.3 Å². The zero-order valence-corrected chi connectivity index (χ0v) is 9.84. The van der Waals surface area contributed by atoms with Gasteiger partial charge < -0.3 is 10.4 Å². The molecule has 2 N–H and O–H groups in total. The molecule has 0 radical (unpaired) electrons.